The molecule has 0 spiro atoms. The smallest absolute Gasteiger partial charge is 0.410 e. The monoisotopic (exact) mass is 281 g/mol. The Morgan fingerprint density at radius 2 is 1.78 bits per heavy atom. The Bertz CT molecular complexity index is 282. The van der Waals surface area contributed by atoms with E-state index in [9.17, 15) is 4.79 Å². The van der Waals surface area contributed by atoms with Crippen molar-refractivity contribution in [1.82, 2.24) is 4.90 Å². The number of amides is 1. The Labute approximate surface area is 110 Å². The molecule has 1 aliphatic heterocycles. The average Bonchev–Trinajstić information content (AvgIpc) is 2.84. The molecule has 1 saturated heterocycles. The molecular weight excluding hydrogens is 258 g/mol. The number of piperidine rings is 1. The molecule has 0 bridgehead atoms. The van der Waals surface area contributed by atoms with Gasteiger partial charge in [0.2, 0.25) is 0 Å². The van der Waals surface area contributed by atoms with Crippen LogP contribution in [0.1, 0.15) is 20.3 Å². The van der Waals surface area contributed by atoms with Crippen molar-refractivity contribution in [3.8, 4) is 0 Å². The number of hydrogen-bond acceptors (Lipinski definition) is 5. The van der Waals surface area contributed by atoms with Crippen molar-refractivity contribution in [2.45, 2.75) is 26.4 Å². The van der Waals surface area contributed by atoms with Gasteiger partial charge < -0.3 is 18.7 Å². The molecule has 2 N–H and O–H groups in total. The summed E-state index contributed by atoms with van der Waals surface area (Å²) in [7, 11) is -1.42. The van der Waals surface area contributed by atoms with Crippen LogP contribution in [0.2, 0.25) is 0 Å². The van der Waals surface area contributed by atoms with Crippen molar-refractivity contribution in [3.05, 3.63) is 0 Å². The van der Waals surface area contributed by atoms with E-state index < -0.39 is 10.9 Å². The van der Waals surface area contributed by atoms with Crippen molar-refractivity contribution in [3.63, 3.8) is 0 Å². The van der Waals surface area contributed by atoms with E-state index >= 15 is 0 Å². The lowest BCUT2D eigenvalue weighted by atomic mass is 10.4. The second-order valence-electron chi connectivity index (χ2n) is 5.02. The molecule has 2 fully saturated rings. The first-order valence-electron chi connectivity index (χ1n) is 5.97. The summed E-state index contributed by atoms with van der Waals surface area (Å²) < 4.78 is 25.7. The van der Waals surface area contributed by atoms with Gasteiger partial charge in [0.05, 0.1) is 24.1 Å². The number of carbonyl (C=O) groups excluding carboxylic acids is 1. The largest absolute Gasteiger partial charge is 0.447 e. The fourth-order valence-electron chi connectivity index (χ4n) is 1.82. The van der Waals surface area contributed by atoms with Crippen molar-refractivity contribution in [1.29, 1.82) is 0 Å². The summed E-state index contributed by atoms with van der Waals surface area (Å²) in [5.41, 5.74) is 0. The first-order valence-corrected chi connectivity index (χ1v) is 7.85. The van der Waals surface area contributed by atoms with Crippen LogP contribution in [-0.2, 0) is 8.92 Å². The van der Waals surface area contributed by atoms with Crippen LogP contribution in [0.15, 0.2) is 0 Å². The molecule has 2 aliphatic rings. The molecule has 2 atom stereocenters. The maximum atomic E-state index is 11.3. The third-order valence-corrected chi connectivity index (χ3v) is 3.52. The lowest BCUT2D eigenvalue weighted by Gasteiger charge is -2.18. The van der Waals surface area contributed by atoms with Gasteiger partial charge in [0, 0.05) is 19.3 Å². The van der Waals surface area contributed by atoms with Crippen LogP contribution in [0, 0.1) is 11.8 Å². The van der Waals surface area contributed by atoms with E-state index in [4.69, 9.17) is 13.8 Å². The fourth-order valence-corrected chi connectivity index (χ4v) is 1.82. The number of fused-ring (bicyclic) bond motifs is 1. The van der Waals surface area contributed by atoms with E-state index in [1.54, 1.807) is 0 Å². The predicted octanol–water partition coefficient (Wildman–Crippen LogP) is 2.41. The fraction of sp³-hybridized carbons (Fsp3) is 0.909. The maximum absolute atomic E-state index is 11.3. The second kappa shape index (κ2) is 6.10. The summed E-state index contributed by atoms with van der Waals surface area (Å²) >= 11 is 0. The molecular formula is C11H23NO5S. The van der Waals surface area contributed by atoms with Crippen LogP contribution in [0.25, 0.3) is 0 Å². The Kier molecular flexibility index (Phi) is 5.27. The van der Waals surface area contributed by atoms with Crippen molar-refractivity contribution < 1.29 is 22.8 Å². The number of nitrogens with zero attached hydrogens (tertiary/aromatic N) is 1. The highest BCUT2D eigenvalue weighted by molar-refractivity contribution is 8.19. The van der Waals surface area contributed by atoms with E-state index in [0.29, 0.717) is 0 Å². The zero-order chi connectivity index (χ0) is 13.9. The normalized spacial score (nSPS) is 26.3. The van der Waals surface area contributed by atoms with E-state index in [0.717, 1.165) is 24.9 Å². The number of hydrogen-bond donors (Lipinski definition) is 2. The van der Waals surface area contributed by atoms with E-state index in [-0.39, 0.29) is 12.2 Å². The minimum Gasteiger partial charge on any atom is -0.447 e. The minimum absolute atomic E-state index is 0.00873. The molecule has 1 aliphatic carbocycles. The molecule has 7 heteroatoms. The first kappa shape index (κ1) is 15.6. The molecule has 6 nitrogen and oxygen atoms in total. The first-order chi connectivity index (χ1) is 8.23. The van der Waals surface area contributed by atoms with Crippen LogP contribution in [-0.4, -0.2) is 52.7 Å². The van der Waals surface area contributed by atoms with Gasteiger partial charge in [-0.25, -0.2) is 4.79 Å². The van der Waals surface area contributed by atoms with Gasteiger partial charge in [-0.2, -0.15) is 0 Å². The molecule has 1 amide bonds. The Hall–Kier alpha value is -0.500. The van der Waals surface area contributed by atoms with Crippen LogP contribution in [0.5, 0.6) is 0 Å². The summed E-state index contributed by atoms with van der Waals surface area (Å²) in [4.78, 5) is 13.2. The van der Waals surface area contributed by atoms with Gasteiger partial charge in [-0.05, 0) is 32.1 Å². The molecule has 1 saturated carbocycles. The van der Waals surface area contributed by atoms with E-state index in [1.165, 1.54) is 19.8 Å². The topological polar surface area (TPSA) is 79.2 Å². The quantitative estimate of drug-likeness (QED) is 0.812. The number of ether oxygens (including phenoxy) is 1. The van der Waals surface area contributed by atoms with Gasteiger partial charge in [-0.1, -0.05) is 0 Å². The van der Waals surface area contributed by atoms with Crippen molar-refractivity contribution >= 4 is 17.0 Å². The molecule has 0 aromatic rings. The van der Waals surface area contributed by atoms with Crippen LogP contribution >= 0.6 is 10.9 Å². The standard InChI is InChI=1S/C9H15NO2.C2H8O3S/c1-6(2)12-9(11)10-4-7-3-8(7)5-10;1-5-6(2,3)4/h6-8H,3-5H2,1-2H3;3-4H,1-2H3/t7-,8+;. The highest BCUT2D eigenvalue weighted by Gasteiger charge is 2.47. The van der Waals surface area contributed by atoms with Gasteiger partial charge in [0.25, 0.3) is 0 Å². The van der Waals surface area contributed by atoms with Gasteiger partial charge in [-0.3, -0.25) is 4.18 Å². The molecule has 0 aromatic heterocycles. The highest BCUT2D eigenvalue weighted by atomic mass is 32.3. The Balaban J connectivity index is 0.000000232. The van der Waals surface area contributed by atoms with E-state index in [2.05, 4.69) is 4.18 Å². The molecule has 0 radical (unpaired) electrons. The van der Waals surface area contributed by atoms with Crippen LogP contribution in [0.3, 0.4) is 0 Å². The van der Waals surface area contributed by atoms with Crippen molar-refractivity contribution in [2.24, 2.45) is 11.8 Å². The average molecular weight is 281 g/mol. The van der Waals surface area contributed by atoms with Gasteiger partial charge >= 0.3 is 6.09 Å². The summed E-state index contributed by atoms with van der Waals surface area (Å²) in [6, 6.07) is 0. The maximum Gasteiger partial charge on any atom is 0.410 e. The van der Waals surface area contributed by atoms with Crippen LogP contribution in [0.4, 0.5) is 4.79 Å². The van der Waals surface area contributed by atoms with E-state index in [1.807, 2.05) is 18.7 Å². The summed E-state index contributed by atoms with van der Waals surface area (Å²) in [6.45, 7) is 5.62. The zero-order valence-electron chi connectivity index (χ0n) is 11.3. The van der Waals surface area contributed by atoms with Crippen molar-refractivity contribution in [2.75, 3.05) is 26.5 Å². The molecule has 0 unspecified atom stereocenters. The van der Waals surface area contributed by atoms with Gasteiger partial charge in [-0.15, -0.1) is 0 Å². The summed E-state index contributed by atoms with van der Waals surface area (Å²) in [6.07, 6.45) is 2.42. The summed E-state index contributed by atoms with van der Waals surface area (Å²) in [5, 5.41) is 0. The number of likely N-dealkylation sites (tertiary alicyclic amines) is 1. The lowest BCUT2D eigenvalue weighted by Crippen LogP contribution is -2.32. The molecule has 108 valence electrons. The summed E-state index contributed by atoms with van der Waals surface area (Å²) in [5.74, 6) is 1.59. The predicted molar refractivity (Wildman–Crippen MR) is 70.6 cm³/mol. The Morgan fingerprint density at radius 3 is 2.11 bits per heavy atom. The SMILES string of the molecule is CC(C)OC(=O)N1C[C@H]2C[C@H]2C1.COS(C)(O)O. The molecule has 0 aromatic carbocycles. The number of carbonyl (C=O) groups is 1. The second-order valence-corrected chi connectivity index (χ2v) is 6.88. The third-order valence-electron chi connectivity index (χ3n) is 2.89. The Morgan fingerprint density at radius 1 is 1.33 bits per heavy atom. The zero-order valence-corrected chi connectivity index (χ0v) is 12.1. The number of rotatable bonds is 2. The highest BCUT2D eigenvalue weighted by Crippen LogP contribution is 2.44. The molecule has 1 heterocycles. The van der Waals surface area contributed by atoms with Gasteiger partial charge in [0.1, 0.15) is 0 Å². The molecule has 18 heavy (non-hydrogen) atoms. The minimum atomic E-state index is -2.66. The third kappa shape index (κ3) is 5.43. The molecule has 2 rings (SSSR count). The lowest BCUT2D eigenvalue weighted by molar-refractivity contribution is 0.0804. The van der Waals surface area contributed by atoms with Crippen LogP contribution < -0.4 is 0 Å². The van der Waals surface area contributed by atoms with Gasteiger partial charge in [0.15, 0.2) is 0 Å².